The van der Waals surface area contributed by atoms with Crippen LogP contribution in [-0.4, -0.2) is 44.4 Å². The second-order valence-corrected chi connectivity index (χ2v) is 8.06. The average molecular weight is 417 g/mol. The maximum Gasteiger partial charge on any atom is 0.321 e. The van der Waals surface area contributed by atoms with Crippen molar-refractivity contribution in [2.45, 2.75) is 25.4 Å². The maximum absolute atomic E-state index is 12.0. The van der Waals surface area contributed by atoms with Gasteiger partial charge >= 0.3 is 6.03 Å². The van der Waals surface area contributed by atoms with Crippen LogP contribution in [0.3, 0.4) is 0 Å². The highest BCUT2D eigenvalue weighted by Crippen LogP contribution is 2.21. The minimum Gasteiger partial charge on any atom is -0.337 e. The Morgan fingerprint density at radius 3 is 2.86 bits per heavy atom. The van der Waals surface area contributed by atoms with Crippen LogP contribution in [0.5, 0.6) is 0 Å². The lowest BCUT2D eigenvalue weighted by molar-refractivity contribution is -0.117. The second-order valence-electron chi connectivity index (χ2n) is 6.09. The van der Waals surface area contributed by atoms with Gasteiger partial charge in [-0.1, -0.05) is 35.5 Å². The third kappa shape index (κ3) is 5.40. The molecular formula is C18H20N6O2S2. The molecule has 28 heavy (non-hydrogen) atoms. The number of aryl methyl sites for hydroxylation is 2. The summed E-state index contributed by atoms with van der Waals surface area (Å²) < 4.78 is 1.59. The van der Waals surface area contributed by atoms with Crippen LogP contribution >= 0.6 is 23.1 Å². The van der Waals surface area contributed by atoms with Gasteiger partial charge in [0, 0.05) is 11.4 Å². The topological polar surface area (TPSA) is 102 Å². The monoisotopic (exact) mass is 416 g/mol. The van der Waals surface area contributed by atoms with Gasteiger partial charge in [0.25, 0.3) is 0 Å². The smallest absolute Gasteiger partial charge is 0.321 e. The van der Waals surface area contributed by atoms with Crippen LogP contribution in [0.2, 0.25) is 0 Å². The number of aromatic nitrogens is 4. The molecule has 3 aromatic rings. The molecular weight excluding hydrogens is 396 g/mol. The molecule has 2 heterocycles. The van der Waals surface area contributed by atoms with Crippen molar-refractivity contribution in [1.29, 1.82) is 0 Å². The van der Waals surface area contributed by atoms with E-state index in [0.717, 1.165) is 23.2 Å². The highest BCUT2D eigenvalue weighted by Gasteiger charge is 2.14. The number of rotatable bonds is 7. The van der Waals surface area contributed by atoms with Gasteiger partial charge in [-0.2, -0.15) is 4.68 Å². The molecule has 0 bridgehead atoms. The molecule has 0 saturated carbocycles. The summed E-state index contributed by atoms with van der Waals surface area (Å²) in [5, 5.41) is 19.1. The number of hydrogen-bond donors (Lipinski definition) is 2. The molecule has 0 fully saturated rings. The van der Waals surface area contributed by atoms with E-state index in [2.05, 4.69) is 26.2 Å². The Morgan fingerprint density at radius 2 is 2.11 bits per heavy atom. The first kappa shape index (κ1) is 20.0. The number of thioether (sulfide) groups is 1. The molecule has 2 N–H and O–H groups in total. The van der Waals surface area contributed by atoms with Gasteiger partial charge in [-0.15, -0.1) is 16.4 Å². The lowest BCUT2D eigenvalue weighted by Crippen LogP contribution is -2.41. The lowest BCUT2D eigenvalue weighted by atomic mass is 10.1. The second kappa shape index (κ2) is 9.47. The SMILES string of the molecule is Cc1ccc(-n2nnnc2SCC(=O)NC(=O)NCCc2cccs2)c(C)c1. The number of carbonyl (C=O) groups is 2. The van der Waals surface area contributed by atoms with Gasteiger partial charge in [0.15, 0.2) is 0 Å². The molecule has 3 amide bonds. The van der Waals surface area contributed by atoms with Crippen molar-refractivity contribution < 1.29 is 9.59 Å². The van der Waals surface area contributed by atoms with Crippen LogP contribution in [0.15, 0.2) is 40.9 Å². The minimum atomic E-state index is -0.504. The van der Waals surface area contributed by atoms with E-state index >= 15 is 0 Å². The number of hydrogen-bond acceptors (Lipinski definition) is 7. The zero-order valence-corrected chi connectivity index (χ0v) is 17.1. The highest BCUT2D eigenvalue weighted by molar-refractivity contribution is 7.99. The summed E-state index contributed by atoms with van der Waals surface area (Å²) in [7, 11) is 0. The van der Waals surface area contributed by atoms with Crippen LogP contribution in [0.4, 0.5) is 4.79 Å². The van der Waals surface area contributed by atoms with Crippen molar-refractivity contribution in [2.75, 3.05) is 12.3 Å². The van der Waals surface area contributed by atoms with Gasteiger partial charge in [-0.05, 0) is 53.8 Å². The number of thiophene rings is 1. The first-order chi connectivity index (χ1) is 13.5. The van der Waals surface area contributed by atoms with Crippen molar-refractivity contribution in [1.82, 2.24) is 30.8 Å². The van der Waals surface area contributed by atoms with Gasteiger partial charge in [-0.3, -0.25) is 10.1 Å². The highest BCUT2D eigenvalue weighted by atomic mass is 32.2. The Kier molecular flexibility index (Phi) is 6.77. The summed E-state index contributed by atoms with van der Waals surface area (Å²) in [4.78, 5) is 25.0. The minimum absolute atomic E-state index is 0.0314. The van der Waals surface area contributed by atoms with Crippen molar-refractivity contribution in [3.05, 3.63) is 51.7 Å². The molecule has 8 nitrogen and oxygen atoms in total. The fraction of sp³-hybridized carbons (Fsp3) is 0.278. The summed E-state index contributed by atoms with van der Waals surface area (Å²) in [5.74, 6) is -0.377. The molecule has 2 aromatic heterocycles. The third-order valence-corrected chi connectivity index (χ3v) is 5.70. The third-order valence-electron chi connectivity index (χ3n) is 3.84. The van der Waals surface area contributed by atoms with Crippen LogP contribution in [-0.2, 0) is 11.2 Å². The van der Waals surface area contributed by atoms with E-state index in [4.69, 9.17) is 0 Å². The lowest BCUT2D eigenvalue weighted by Gasteiger charge is -2.08. The summed E-state index contributed by atoms with van der Waals surface area (Å²) in [6, 6.07) is 9.42. The van der Waals surface area contributed by atoms with Crippen molar-refractivity contribution in [3.8, 4) is 5.69 Å². The molecule has 1 aromatic carbocycles. The maximum atomic E-state index is 12.0. The van der Waals surface area contributed by atoms with Crippen LogP contribution in [0.1, 0.15) is 16.0 Å². The number of nitrogens with one attached hydrogen (secondary N) is 2. The van der Waals surface area contributed by atoms with E-state index in [1.807, 2.05) is 49.6 Å². The first-order valence-corrected chi connectivity index (χ1v) is 10.5. The van der Waals surface area contributed by atoms with Crippen LogP contribution in [0, 0.1) is 13.8 Å². The number of carbonyl (C=O) groups excluding carboxylic acids is 2. The normalized spacial score (nSPS) is 10.6. The molecule has 0 saturated heterocycles. The number of benzene rings is 1. The molecule has 10 heteroatoms. The summed E-state index contributed by atoms with van der Waals surface area (Å²) in [5.41, 5.74) is 3.03. The predicted octanol–water partition coefficient (Wildman–Crippen LogP) is 2.50. The zero-order valence-electron chi connectivity index (χ0n) is 15.5. The van der Waals surface area contributed by atoms with Gasteiger partial charge in [-0.25, -0.2) is 4.79 Å². The molecule has 3 rings (SSSR count). The molecule has 0 spiro atoms. The quantitative estimate of drug-likeness (QED) is 0.574. The Bertz CT molecular complexity index is 955. The number of nitrogens with zero attached hydrogens (tertiary/aromatic N) is 4. The molecule has 0 aliphatic carbocycles. The number of tetrazole rings is 1. The molecule has 0 unspecified atom stereocenters. The standard InChI is InChI=1S/C18H20N6O2S2/c1-12-5-6-15(13(2)10-12)24-18(21-22-23-24)28-11-16(25)20-17(26)19-8-7-14-4-3-9-27-14/h3-6,9-10H,7-8,11H2,1-2H3,(H2,19,20,25,26). The Labute approximate surface area is 170 Å². The van der Waals surface area contributed by atoms with E-state index in [1.165, 1.54) is 16.6 Å². The van der Waals surface area contributed by atoms with Crippen LogP contribution in [0.25, 0.3) is 5.69 Å². The van der Waals surface area contributed by atoms with Crippen molar-refractivity contribution >= 4 is 35.0 Å². The van der Waals surface area contributed by atoms with E-state index < -0.39 is 11.9 Å². The van der Waals surface area contributed by atoms with E-state index in [0.29, 0.717) is 11.7 Å². The zero-order chi connectivity index (χ0) is 19.9. The van der Waals surface area contributed by atoms with E-state index in [9.17, 15) is 9.59 Å². The van der Waals surface area contributed by atoms with Gasteiger partial charge in [0.2, 0.25) is 11.1 Å². The van der Waals surface area contributed by atoms with Gasteiger partial charge in [0.05, 0.1) is 11.4 Å². The molecule has 146 valence electrons. The Hall–Kier alpha value is -2.72. The van der Waals surface area contributed by atoms with Gasteiger partial charge < -0.3 is 5.32 Å². The first-order valence-electron chi connectivity index (χ1n) is 8.62. The fourth-order valence-electron chi connectivity index (χ4n) is 2.55. The summed E-state index contributed by atoms with van der Waals surface area (Å²) >= 11 is 2.80. The molecule has 0 atom stereocenters. The largest absolute Gasteiger partial charge is 0.337 e. The van der Waals surface area contributed by atoms with Crippen molar-refractivity contribution in [2.24, 2.45) is 0 Å². The average Bonchev–Trinajstić information content (AvgIpc) is 3.32. The van der Waals surface area contributed by atoms with E-state index in [-0.39, 0.29) is 5.75 Å². The molecule has 0 aliphatic rings. The van der Waals surface area contributed by atoms with Crippen molar-refractivity contribution in [3.63, 3.8) is 0 Å². The summed E-state index contributed by atoms with van der Waals surface area (Å²) in [6.45, 7) is 4.46. The Morgan fingerprint density at radius 1 is 1.25 bits per heavy atom. The Balaban J connectivity index is 1.48. The van der Waals surface area contributed by atoms with E-state index in [1.54, 1.807) is 16.0 Å². The van der Waals surface area contributed by atoms with Crippen LogP contribution < -0.4 is 10.6 Å². The number of amides is 3. The number of imide groups is 1. The summed E-state index contributed by atoms with van der Waals surface area (Å²) in [6.07, 6.45) is 0.735. The molecule has 0 radical (unpaired) electrons. The number of urea groups is 1. The predicted molar refractivity (Wildman–Crippen MR) is 109 cm³/mol. The van der Waals surface area contributed by atoms with Gasteiger partial charge in [0.1, 0.15) is 0 Å². The molecule has 0 aliphatic heterocycles. The fourth-order valence-corrected chi connectivity index (χ4v) is 3.95.